The smallest absolute Gasteiger partial charge is 0.480 e. The van der Waals surface area contributed by atoms with Gasteiger partial charge in [-0.25, -0.2) is 14.4 Å². The average molecular weight is 358 g/mol. The molecule has 24 heavy (non-hydrogen) atoms. The largest absolute Gasteiger partial charge is 0.514 e. The van der Waals surface area contributed by atoms with Gasteiger partial charge < -0.3 is 30.7 Å². The zero-order valence-corrected chi connectivity index (χ0v) is 13.0. The molecule has 11 heteroatoms. The number of rotatable bonds is 7. The molecule has 5 N–H and O–H groups in total. The SMILES string of the molecule is Nc1ccc(OC(=O)OCC(=O)NC(CS)C(=O)O)c(C(=O)O)c1. The number of carbonyl (C=O) groups excluding carboxylic acids is 2. The van der Waals surface area contributed by atoms with Crippen LogP contribution in [-0.2, 0) is 14.3 Å². The molecule has 1 atom stereocenters. The summed E-state index contributed by atoms with van der Waals surface area (Å²) in [6, 6.07) is 2.31. The minimum absolute atomic E-state index is 0.152. The Hall–Kier alpha value is -2.95. The summed E-state index contributed by atoms with van der Waals surface area (Å²) in [5, 5.41) is 19.8. The lowest BCUT2D eigenvalue weighted by atomic mass is 10.2. The number of nitrogen functional groups attached to an aromatic ring is 1. The standard InChI is InChI=1S/C13H14N2O8S/c14-6-1-2-9(7(3-6)11(17)18)23-13(21)22-4-10(16)15-8(5-24)12(19)20/h1-3,8,24H,4-5,14H2,(H,15,16)(H,17,18)(H,19,20). The van der Waals surface area contributed by atoms with Crippen molar-refractivity contribution in [3.63, 3.8) is 0 Å². The first-order valence-electron chi connectivity index (χ1n) is 6.35. The summed E-state index contributed by atoms with van der Waals surface area (Å²) in [6.45, 7) is -0.812. The van der Waals surface area contributed by atoms with E-state index in [2.05, 4.69) is 27.4 Å². The molecule has 0 saturated heterocycles. The summed E-state index contributed by atoms with van der Waals surface area (Å²) in [4.78, 5) is 44.7. The Morgan fingerprint density at radius 3 is 2.46 bits per heavy atom. The van der Waals surface area contributed by atoms with Crippen LogP contribution in [0.5, 0.6) is 5.75 Å². The van der Waals surface area contributed by atoms with Gasteiger partial charge in [0.15, 0.2) is 6.61 Å². The summed E-state index contributed by atoms with van der Waals surface area (Å²) in [7, 11) is 0. The number of nitrogens with two attached hydrogens (primary N) is 1. The lowest BCUT2D eigenvalue weighted by Gasteiger charge is -2.12. The van der Waals surface area contributed by atoms with Crippen molar-refractivity contribution in [2.75, 3.05) is 18.1 Å². The van der Waals surface area contributed by atoms with Gasteiger partial charge in [0.2, 0.25) is 0 Å². The van der Waals surface area contributed by atoms with Crippen LogP contribution in [0.15, 0.2) is 18.2 Å². The van der Waals surface area contributed by atoms with Gasteiger partial charge >= 0.3 is 18.1 Å². The Bertz CT molecular complexity index is 663. The molecule has 0 aliphatic heterocycles. The predicted octanol–water partition coefficient (Wildman–Crippen LogP) is -0.0184. The lowest BCUT2D eigenvalue weighted by molar-refractivity contribution is -0.141. The van der Waals surface area contributed by atoms with E-state index in [1.165, 1.54) is 6.07 Å². The number of ether oxygens (including phenoxy) is 2. The number of hydrogen-bond donors (Lipinski definition) is 5. The second-order valence-corrected chi connectivity index (χ2v) is 4.71. The molecule has 1 aromatic carbocycles. The van der Waals surface area contributed by atoms with Gasteiger partial charge in [0, 0.05) is 11.4 Å². The van der Waals surface area contributed by atoms with Gasteiger partial charge in [0.25, 0.3) is 5.91 Å². The number of hydrogen-bond acceptors (Lipinski definition) is 8. The molecule has 0 bridgehead atoms. The number of thiol groups is 1. The van der Waals surface area contributed by atoms with Crippen LogP contribution in [0.25, 0.3) is 0 Å². The molecule has 0 saturated carbocycles. The second-order valence-electron chi connectivity index (χ2n) is 4.34. The van der Waals surface area contributed by atoms with Gasteiger partial charge in [0.1, 0.15) is 17.4 Å². The number of anilines is 1. The summed E-state index contributed by atoms with van der Waals surface area (Å²) >= 11 is 3.75. The van der Waals surface area contributed by atoms with Crippen molar-refractivity contribution in [1.29, 1.82) is 0 Å². The van der Waals surface area contributed by atoms with E-state index in [1.807, 2.05) is 0 Å². The number of carboxylic acids is 2. The Morgan fingerprint density at radius 1 is 1.25 bits per heavy atom. The molecule has 0 spiro atoms. The molecular weight excluding hydrogens is 344 g/mol. The highest BCUT2D eigenvalue weighted by molar-refractivity contribution is 7.80. The summed E-state index contributed by atoms with van der Waals surface area (Å²) in [6.07, 6.45) is -1.34. The number of carbonyl (C=O) groups is 4. The third kappa shape index (κ3) is 5.68. The van der Waals surface area contributed by atoms with Crippen LogP contribution in [0.2, 0.25) is 0 Å². The molecule has 1 amide bonds. The zero-order valence-electron chi connectivity index (χ0n) is 12.1. The maximum Gasteiger partial charge on any atom is 0.514 e. The molecule has 1 aromatic rings. The fourth-order valence-electron chi connectivity index (χ4n) is 1.47. The highest BCUT2D eigenvalue weighted by Gasteiger charge is 2.20. The van der Waals surface area contributed by atoms with E-state index in [0.29, 0.717) is 0 Å². The molecule has 1 unspecified atom stereocenters. The van der Waals surface area contributed by atoms with E-state index >= 15 is 0 Å². The van der Waals surface area contributed by atoms with Crippen molar-refractivity contribution < 1.29 is 38.9 Å². The number of nitrogens with one attached hydrogen (secondary N) is 1. The van der Waals surface area contributed by atoms with Gasteiger partial charge in [-0.2, -0.15) is 12.6 Å². The van der Waals surface area contributed by atoms with E-state index in [4.69, 9.17) is 15.9 Å². The molecule has 0 heterocycles. The number of aromatic carboxylic acids is 1. The van der Waals surface area contributed by atoms with Crippen molar-refractivity contribution >= 4 is 42.3 Å². The van der Waals surface area contributed by atoms with E-state index < -0.39 is 36.6 Å². The van der Waals surface area contributed by atoms with E-state index in [0.717, 1.165) is 12.1 Å². The monoisotopic (exact) mass is 358 g/mol. The summed E-state index contributed by atoms with van der Waals surface area (Å²) in [5.74, 6) is -4.03. The average Bonchev–Trinajstić information content (AvgIpc) is 2.51. The van der Waals surface area contributed by atoms with Crippen LogP contribution in [0.1, 0.15) is 10.4 Å². The van der Waals surface area contributed by atoms with Crippen LogP contribution in [0.3, 0.4) is 0 Å². The number of benzene rings is 1. The van der Waals surface area contributed by atoms with E-state index in [-0.39, 0.29) is 22.8 Å². The fourth-order valence-corrected chi connectivity index (χ4v) is 1.72. The minimum atomic E-state index is -1.37. The highest BCUT2D eigenvalue weighted by atomic mass is 32.1. The third-order valence-corrected chi connectivity index (χ3v) is 2.93. The van der Waals surface area contributed by atoms with Gasteiger partial charge in [-0.1, -0.05) is 0 Å². The molecular formula is C13H14N2O8S. The fraction of sp³-hybridized carbons (Fsp3) is 0.231. The molecule has 130 valence electrons. The predicted molar refractivity (Wildman–Crippen MR) is 83.2 cm³/mol. The normalized spacial score (nSPS) is 11.2. The molecule has 0 radical (unpaired) electrons. The lowest BCUT2D eigenvalue weighted by Crippen LogP contribution is -2.44. The Kier molecular flexibility index (Phi) is 6.86. The third-order valence-electron chi connectivity index (χ3n) is 2.56. The molecule has 1 rings (SSSR count). The van der Waals surface area contributed by atoms with Crippen LogP contribution in [-0.4, -0.2) is 52.6 Å². The summed E-state index contributed by atoms with van der Waals surface area (Å²) < 4.78 is 9.16. The van der Waals surface area contributed by atoms with Crippen LogP contribution in [0, 0.1) is 0 Å². The molecule has 0 fully saturated rings. The molecule has 10 nitrogen and oxygen atoms in total. The van der Waals surface area contributed by atoms with Crippen LogP contribution < -0.4 is 15.8 Å². The first-order valence-corrected chi connectivity index (χ1v) is 6.98. The van der Waals surface area contributed by atoms with Gasteiger partial charge in [-0.3, -0.25) is 4.79 Å². The quantitative estimate of drug-likeness (QED) is 0.195. The first kappa shape index (κ1) is 19.1. The number of amides is 1. The van der Waals surface area contributed by atoms with Crippen molar-refractivity contribution in [1.82, 2.24) is 5.32 Å². The van der Waals surface area contributed by atoms with Crippen LogP contribution >= 0.6 is 12.6 Å². The Morgan fingerprint density at radius 2 is 1.92 bits per heavy atom. The second kappa shape index (κ2) is 8.62. The minimum Gasteiger partial charge on any atom is -0.480 e. The Balaban J connectivity index is 2.60. The molecule has 0 aliphatic carbocycles. The Labute approximate surface area is 140 Å². The summed E-state index contributed by atoms with van der Waals surface area (Å²) in [5.41, 5.74) is 5.22. The first-order chi connectivity index (χ1) is 11.2. The molecule has 0 aromatic heterocycles. The maximum atomic E-state index is 11.5. The van der Waals surface area contributed by atoms with Gasteiger partial charge in [-0.15, -0.1) is 0 Å². The number of aliphatic carboxylic acids is 1. The van der Waals surface area contributed by atoms with Gasteiger partial charge in [0.05, 0.1) is 0 Å². The van der Waals surface area contributed by atoms with E-state index in [1.54, 1.807) is 0 Å². The topological polar surface area (TPSA) is 165 Å². The van der Waals surface area contributed by atoms with E-state index in [9.17, 15) is 19.2 Å². The van der Waals surface area contributed by atoms with Crippen molar-refractivity contribution in [2.24, 2.45) is 0 Å². The number of carboxylic acid groups (broad SMARTS) is 2. The van der Waals surface area contributed by atoms with Crippen molar-refractivity contribution in [3.8, 4) is 5.75 Å². The van der Waals surface area contributed by atoms with Crippen molar-refractivity contribution in [3.05, 3.63) is 23.8 Å². The van der Waals surface area contributed by atoms with Crippen LogP contribution in [0.4, 0.5) is 10.5 Å². The van der Waals surface area contributed by atoms with Gasteiger partial charge in [-0.05, 0) is 18.2 Å². The molecule has 0 aliphatic rings. The van der Waals surface area contributed by atoms with Crippen molar-refractivity contribution in [2.45, 2.75) is 6.04 Å². The zero-order chi connectivity index (χ0) is 18.3. The highest BCUT2D eigenvalue weighted by Crippen LogP contribution is 2.21. The maximum absolute atomic E-state index is 11.5.